The number of aromatic nitrogens is 3. The van der Waals surface area contributed by atoms with Crippen molar-refractivity contribution in [3.8, 4) is 6.07 Å². The predicted molar refractivity (Wildman–Crippen MR) is 99.1 cm³/mol. The lowest BCUT2D eigenvalue weighted by atomic mass is 10.0. The van der Waals surface area contributed by atoms with Gasteiger partial charge >= 0.3 is 0 Å². The number of hydrogen-bond acceptors (Lipinski definition) is 7. The Kier molecular flexibility index (Phi) is 4.69. The number of hydrogen-bond donors (Lipinski definition) is 1. The third-order valence-electron chi connectivity index (χ3n) is 3.67. The zero-order chi connectivity index (χ0) is 17.3. The number of rotatable bonds is 4. The molecule has 0 amide bonds. The van der Waals surface area contributed by atoms with E-state index in [9.17, 15) is 0 Å². The Morgan fingerprint density at radius 2 is 2.04 bits per heavy atom. The van der Waals surface area contributed by atoms with Crippen molar-refractivity contribution in [1.82, 2.24) is 15.0 Å². The quantitative estimate of drug-likeness (QED) is 0.547. The molecule has 0 saturated carbocycles. The molecule has 122 valence electrons. The molecule has 0 spiro atoms. The molecule has 24 heavy (non-hydrogen) atoms. The van der Waals surface area contributed by atoms with Crippen LogP contribution in [0.1, 0.15) is 48.9 Å². The van der Waals surface area contributed by atoms with Gasteiger partial charge < -0.3 is 5.73 Å². The molecule has 1 atom stereocenters. The number of thioether (sulfide) groups is 1. The molecule has 5 nitrogen and oxygen atoms in total. The zero-order valence-electron chi connectivity index (χ0n) is 13.6. The van der Waals surface area contributed by atoms with Crippen LogP contribution in [0, 0.1) is 11.3 Å². The van der Waals surface area contributed by atoms with Crippen LogP contribution in [0.25, 0.3) is 10.1 Å². The van der Waals surface area contributed by atoms with Crippen molar-refractivity contribution in [3.05, 3.63) is 40.7 Å². The Morgan fingerprint density at radius 3 is 2.75 bits per heavy atom. The molecule has 0 bridgehead atoms. The smallest absolute Gasteiger partial charge is 0.191 e. The largest absolute Gasteiger partial charge is 0.384 e. The standard InChI is InChI=1S/C17H17N5S2/c1-9(2)13-8-23-15-7-20-14(5-12(13)15)10(3)24-17-21-11(6-18)4-16(19)22-17/h4-5,7-10H,1-3H3,(H2,19,21,22). The fraction of sp³-hybridized carbons (Fsp3) is 0.294. The highest BCUT2D eigenvalue weighted by Gasteiger charge is 2.15. The summed E-state index contributed by atoms with van der Waals surface area (Å²) in [7, 11) is 0. The van der Waals surface area contributed by atoms with Crippen molar-refractivity contribution in [2.45, 2.75) is 37.1 Å². The monoisotopic (exact) mass is 355 g/mol. The van der Waals surface area contributed by atoms with Crippen LogP contribution in [0.2, 0.25) is 0 Å². The molecule has 3 aromatic rings. The van der Waals surface area contributed by atoms with Gasteiger partial charge in [-0.05, 0) is 35.2 Å². The second-order valence-electron chi connectivity index (χ2n) is 5.78. The highest BCUT2D eigenvalue weighted by Crippen LogP contribution is 2.36. The summed E-state index contributed by atoms with van der Waals surface area (Å²) in [5, 5.41) is 13.0. The first-order valence-corrected chi connectivity index (χ1v) is 9.32. The van der Waals surface area contributed by atoms with E-state index in [4.69, 9.17) is 11.0 Å². The van der Waals surface area contributed by atoms with Gasteiger partial charge in [-0.1, -0.05) is 25.6 Å². The highest BCUT2D eigenvalue weighted by atomic mass is 32.2. The van der Waals surface area contributed by atoms with E-state index >= 15 is 0 Å². The minimum Gasteiger partial charge on any atom is -0.384 e. The van der Waals surface area contributed by atoms with Crippen molar-refractivity contribution in [1.29, 1.82) is 5.26 Å². The molecule has 0 aliphatic rings. The number of nitriles is 1. The lowest BCUT2D eigenvalue weighted by molar-refractivity contribution is 0.879. The summed E-state index contributed by atoms with van der Waals surface area (Å²) in [6.07, 6.45) is 1.93. The first-order valence-electron chi connectivity index (χ1n) is 7.56. The van der Waals surface area contributed by atoms with Crippen LogP contribution in [0.15, 0.2) is 28.9 Å². The third kappa shape index (κ3) is 3.35. The summed E-state index contributed by atoms with van der Waals surface area (Å²) >= 11 is 3.18. The second-order valence-corrected chi connectivity index (χ2v) is 8.00. The molecule has 3 heterocycles. The molecule has 0 saturated heterocycles. The Labute approximate surface area is 149 Å². The van der Waals surface area contributed by atoms with E-state index in [0.717, 1.165) is 5.69 Å². The van der Waals surface area contributed by atoms with Crippen molar-refractivity contribution in [3.63, 3.8) is 0 Å². The molecule has 0 radical (unpaired) electrons. The highest BCUT2D eigenvalue weighted by molar-refractivity contribution is 7.99. The van der Waals surface area contributed by atoms with Crippen molar-refractivity contribution in [2.24, 2.45) is 0 Å². The average molecular weight is 355 g/mol. The van der Waals surface area contributed by atoms with Crippen molar-refractivity contribution < 1.29 is 0 Å². The molecular formula is C17H17N5S2. The minimum atomic E-state index is 0.0580. The summed E-state index contributed by atoms with van der Waals surface area (Å²) in [5.41, 5.74) is 8.33. The number of anilines is 1. The number of pyridine rings is 1. The SMILES string of the molecule is CC(C)c1csc2cnc(C(C)Sc3nc(N)cc(C#N)n3)cc12. The maximum atomic E-state index is 9.00. The fourth-order valence-corrected chi connectivity index (χ4v) is 4.36. The number of nitrogens with zero attached hydrogens (tertiary/aromatic N) is 4. The average Bonchev–Trinajstić information content (AvgIpc) is 2.97. The number of fused-ring (bicyclic) bond motifs is 1. The fourth-order valence-electron chi connectivity index (χ4n) is 2.41. The molecule has 2 N–H and O–H groups in total. The van der Waals surface area contributed by atoms with Gasteiger partial charge in [0.2, 0.25) is 0 Å². The molecular weight excluding hydrogens is 338 g/mol. The van der Waals surface area contributed by atoms with E-state index in [1.54, 1.807) is 11.3 Å². The summed E-state index contributed by atoms with van der Waals surface area (Å²) in [4.78, 5) is 13.0. The first-order chi connectivity index (χ1) is 11.5. The van der Waals surface area contributed by atoms with Gasteiger partial charge in [0.05, 0.1) is 15.6 Å². The van der Waals surface area contributed by atoms with E-state index in [0.29, 0.717) is 16.9 Å². The van der Waals surface area contributed by atoms with E-state index in [1.165, 1.54) is 33.5 Å². The summed E-state index contributed by atoms with van der Waals surface area (Å²) in [6.45, 7) is 6.45. The van der Waals surface area contributed by atoms with E-state index in [-0.39, 0.29) is 10.9 Å². The van der Waals surface area contributed by atoms with Crippen LogP contribution in [0.3, 0.4) is 0 Å². The minimum absolute atomic E-state index is 0.0580. The number of thiophene rings is 1. The van der Waals surface area contributed by atoms with Crippen LogP contribution in [0.4, 0.5) is 5.82 Å². The van der Waals surface area contributed by atoms with Crippen LogP contribution < -0.4 is 5.73 Å². The summed E-state index contributed by atoms with van der Waals surface area (Å²) < 4.78 is 1.20. The van der Waals surface area contributed by atoms with Gasteiger partial charge in [-0.15, -0.1) is 11.3 Å². The molecule has 0 aliphatic heterocycles. The third-order valence-corrected chi connectivity index (χ3v) is 5.61. The Balaban J connectivity index is 1.91. The van der Waals surface area contributed by atoms with Crippen molar-refractivity contribution >= 4 is 39.0 Å². The van der Waals surface area contributed by atoms with Gasteiger partial charge in [0.15, 0.2) is 5.16 Å². The second kappa shape index (κ2) is 6.75. The topological polar surface area (TPSA) is 88.5 Å². The molecule has 0 fully saturated rings. The molecule has 3 aromatic heterocycles. The number of nitrogens with two attached hydrogens (primary N) is 1. The molecule has 0 aromatic carbocycles. The van der Waals surface area contributed by atoms with Crippen LogP contribution in [-0.2, 0) is 0 Å². The Morgan fingerprint density at radius 1 is 1.25 bits per heavy atom. The molecule has 0 aliphatic carbocycles. The maximum absolute atomic E-state index is 9.00. The zero-order valence-corrected chi connectivity index (χ0v) is 15.3. The molecule has 3 rings (SSSR count). The Hall–Kier alpha value is -2.17. The van der Waals surface area contributed by atoms with Gasteiger partial charge in [-0.25, -0.2) is 9.97 Å². The van der Waals surface area contributed by atoms with Gasteiger partial charge in [0, 0.05) is 12.3 Å². The Bertz CT molecular complexity index is 926. The van der Waals surface area contributed by atoms with Gasteiger partial charge in [0.1, 0.15) is 17.6 Å². The van der Waals surface area contributed by atoms with E-state index in [2.05, 4.69) is 47.2 Å². The lowest BCUT2D eigenvalue weighted by Crippen LogP contribution is -2.00. The summed E-state index contributed by atoms with van der Waals surface area (Å²) in [5.74, 6) is 0.784. The van der Waals surface area contributed by atoms with Gasteiger partial charge in [-0.2, -0.15) is 5.26 Å². The number of nitrogen functional groups attached to an aromatic ring is 1. The van der Waals surface area contributed by atoms with Crippen molar-refractivity contribution in [2.75, 3.05) is 5.73 Å². The lowest BCUT2D eigenvalue weighted by Gasteiger charge is -2.11. The van der Waals surface area contributed by atoms with E-state index in [1.807, 2.05) is 12.3 Å². The first kappa shape index (κ1) is 16.7. The van der Waals surface area contributed by atoms with Crippen LogP contribution in [0.5, 0.6) is 0 Å². The molecule has 1 unspecified atom stereocenters. The van der Waals surface area contributed by atoms with Gasteiger partial charge in [-0.3, -0.25) is 4.98 Å². The molecule has 7 heteroatoms. The van der Waals surface area contributed by atoms with Gasteiger partial charge in [0.25, 0.3) is 0 Å². The maximum Gasteiger partial charge on any atom is 0.191 e. The van der Waals surface area contributed by atoms with E-state index < -0.39 is 0 Å². The normalized spacial score (nSPS) is 12.5. The van der Waals surface area contributed by atoms with Crippen LogP contribution >= 0.6 is 23.1 Å². The predicted octanol–water partition coefficient (Wildman–Crippen LogP) is 4.52. The summed E-state index contributed by atoms with van der Waals surface area (Å²) in [6, 6.07) is 5.62. The van der Waals surface area contributed by atoms with Crippen LogP contribution in [-0.4, -0.2) is 15.0 Å².